The maximum Gasteiger partial charge on any atom is 0.257 e. The zero-order valence-corrected chi connectivity index (χ0v) is 18.1. The molecule has 1 saturated heterocycles. The summed E-state index contributed by atoms with van der Waals surface area (Å²) < 4.78 is 12.1. The summed E-state index contributed by atoms with van der Waals surface area (Å²) in [7, 11) is 0. The van der Waals surface area contributed by atoms with Gasteiger partial charge in [0.25, 0.3) is 5.89 Å². The quantitative estimate of drug-likeness (QED) is 0.422. The summed E-state index contributed by atoms with van der Waals surface area (Å²) in [5, 5.41) is 10.5. The predicted molar refractivity (Wildman–Crippen MR) is 121 cm³/mol. The Bertz CT molecular complexity index is 1220. The lowest BCUT2D eigenvalue weighted by Crippen LogP contribution is -2.42. The first-order valence-corrected chi connectivity index (χ1v) is 11.7. The molecule has 2 aromatic heterocycles. The lowest BCUT2D eigenvalue weighted by atomic mass is 9.86. The Hall–Kier alpha value is -3.45. The van der Waals surface area contributed by atoms with Crippen LogP contribution in [0, 0.1) is 0 Å². The number of nitrogens with zero attached hydrogens (tertiary/aromatic N) is 3. The highest BCUT2D eigenvalue weighted by Gasteiger charge is 2.37. The van der Waals surface area contributed by atoms with Crippen LogP contribution >= 0.6 is 11.3 Å². The van der Waals surface area contributed by atoms with Gasteiger partial charge in [-0.25, -0.2) is 0 Å². The monoisotopic (exact) mass is 443 g/mol. The Morgan fingerprint density at radius 2 is 1.72 bits per heavy atom. The van der Waals surface area contributed by atoms with Crippen molar-refractivity contribution in [1.82, 2.24) is 15.1 Å². The van der Waals surface area contributed by atoms with Crippen LogP contribution in [0.2, 0.25) is 0 Å². The van der Waals surface area contributed by atoms with Crippen LogP contribution in [0.3, 0.4) is 0 Å². The zero-order chi connectivity index (χ0) is 21.5. The number of benzene rings is 2. The first-order valence-electron chi connectivity index (χ1n) is 10.8. The molecule has 0 aliphatic carbocycles. The van der Waals surface area contributed by atoms with Crippen molar-refractivity contribution in [3.8, 4) is 22.3 Å². The molecular formula is C25H21N3O3S. The highest BCUT2D eigenvalue weighted by molar-refractivity contribution is 7.13. The molecule has 2 aliphatic heterocycles. The number of rotatable bonds is 3. The number of likely N-dealkylation sites (tertiary alicyclic amines) is 1. The molecule has 4 aromatic rings. The number of fused-ring (bicyclic) bond motifs is 2. The smallest absolute Gasteiger partial charge is 0.257 e. The second-order valence-electron chi connectivity index (χ2n) is 8.16. The third kappa shape index (κ3) is 3.29. The van der Waals surface area contributed by atoms with Gasteiger partial charge in [-0.1, -0.05) is 42.5 Å². The third-order valence-corrected chi connectivity index (χ3v) is 7.04. The first-order chi connectivity index (χ1) is 15.8. The van der Waals surface area contributed by atoms with Crippen molar-refractivity contribution in [3.05, 3.63) is 83.1 Å². The fourth-order valence-electron chi connectivity index (χ4n) is 4.64. The van der Waals surface area contributed by atoms with E-state index in [4.69, 9.17) is 9.15 Å². The van der Waals surface area contributed by atoms with Gasteiger partial charge in [0, 0.05) is 24.2 Å². The van der Waals surface area contributed by atoms with Gasteiger partial charge in [0.05, 0.1) is 16.7 Å². The maximum absolute atomic E-state index is 13.9. The van der Waals surface area contributed by atoms with E-state index in [2.05, 4.69) is 10.2 Å². The molecule has 2 aliphatic rings. The molecule has 1 atom stereocenters. The molecule has 4 heterocycles. The highest BCUT2D eigenvalue weighted by atomic mass is 32.1. The minimum absolute atomic E-state index is 0.0410. The lowest BCUT2D eigenvalue weighted by Gasteiger charge is -2.36. The Labute approximate surface area is 189 Å². The van der Waals surface area contributed by atoms with Crippen LogP contribution < -0.4 is 4.74 Å². The summed E-state index contributed by atoms with van der Waals surface area (Å²) in [6.45, 7) is 1.30. The Kier molecular flexibility index (Phi) is 4.76. The molecule has 1 fully saturated rings. The first kappa shape index (κ1) is 19.3. The van der Waals surface area contributed by atoms with Crippen molar-refractivity contribution >= 4 is 17.2 Å². The number of amides is 1. The van der Waals surface area contributed by atoms with Crippen molar-refractivity contribution < 1.29 is 13.9 Å². The van der Waals surface area contributed by atoms with E-state index < -0.39 is 0 Å². The second-order valence-corrected chi connectivity index (χ2v) is 9.10. The van der Waals surface area contributed by atoms with Crippen LogP contribution in [0.5, 0.6) is 11.5 Å². The summed E-state index contributed by atoms with van der Waals surface area (Å²) in [5.74, 6) is 2.41. The highest BCUT2D eigenvalue weighted by Crippen LogP contribution is 2.45. The maximum atomic E-state index is 13.9. The van der Waals surface area contributed by atoms with Crippen molar-refractivity contribution in [1.29, 1.82) is 0 Å². The van der Waals surface area contributed by atoms with E-state index in [1.54, 1.807) is 11.3 Å². The number of carbonyl (C=O) groups excluding carboxylic acids is 1. The minimum Gasteiger partial charge on any atom is -0.457 e. The summed E-state index contributed by atoms with van der Waals surface area (Å²) in [6, 6.07) is 19.6. The van der Waals surface area contributed by atoms with Gasteiger partial charge in [0.1, 0.15) is 11.5 Å². The molecule has 0 N–H and O–H groups in total. The average Bonchev–Trinajstić information content (AvgIpc) is 3.54. The molecule has 160 valence electrons. The van der Waals surface area contributed by atoms with Crippen molar-refractivity contribution in [2.75, 3.05) is 13.1 Å². The topological polar surface area (TPSA) is 68.5 Å². The van der Waals surface area contributed by atoms with Gasteiger partial charge in [0.2, 0.25) is 11.8 Å². The van der Waals surface area contributed by atoms with Gasteiger partial charge in [-0.15, -0.1) is 21.5 Å². The molecule has 2 aromatic carbocycles. The van der Waals surface area contributed by atoms with E-state index in [-0.39, 0.29) is 17.7 Å². The molecule has 6 nitrogen and oxygen atoms in total. The number of thiophene rings is 1. The van der Waals surface area contributed by atoms with Gasteiger partial charge in [-0.3, -0.25) is 4.79 Å². The number of aromatic nitrogens is 2. The van der Waals surface area contributed by atoms with Gasteiger partial charge in [-0.05, 0) is 36.4 Å². The lowest BCUT2D eigenvalue weighted by molar-refractivity contribution is -0.133. The van der Waals surface area contributed by atoms with Gasteiger partial charge < -0.3 is 14.1 Å². The zero-order valence-electron chi connectivity index (χ0n) is 17.3. The van der Waals surface area contributed by atoms with Crippen LogP contribution in [0.1, 0.15) is 41.7 Å². The van der Waals surface area contributed by atoms with E-state index >= 15 is 0 Å². The summed E-state index contributed by atoms with van der Waals surface area (Å²) in [5.41, 5.74) is 1.83. The number of piperidine rings is 1. The molecular weight excluding hydrogens is 422 g/mol. The van der Waals surface area contributed by atoms with Crippen LogP contribution in [-0.4, -0.2) is 34.1 Å². The van der Waals surface area contributed by atoms with Crippen molar-refractivity contribution in [2.24, 2.45) is 0 Å². The van der Waals surface area contributed by atoms with E-state index in [1.807, 2.05) is 70.9 Å². The second kappa shape index (κ2) is 7.91. The van der Waals surface area contributed by atoms with Gasteiger partial charge >= 0.3 is 0 Å². The van der Waals surface area contributed by atoms with Crippen molar-refractivity contribution in [3.63, 3.8) is 0 Å². The van der Waals surface area contributed by atoms with Crippen LogP contribution in [0.25, 0.3) is 10.8 Å². The van der Waals surface area contributed by atoms with E-state index in [0.717, 1.165) is 46.9 Å². The Balaban J connectivity index is 1.29. The van der Waals surface area contributed by atoms with E-state index in [9.17, 15) is 4.79 Å². The number of para-hydroxylation sites is 2. The molecule has 0 radical (unpaired) electrons. The summed E-state index contributed by atoms with van der Waals surface area (Å²) in [6.07, 6.45) is 1.83. The molecule has 1 unspecified atom stereocenters. The number of carbonyl (C=O) groups is 1. The van der Waals surface area contributed by atoms with Crippen molar-refractivity contribution in [2.45, 2.75) is 24.7 Å². The van der Waals surface area contributed by atoms with Crippen LogP contribution in [-0.2, 0) is 4.79 Å². The molecule has 1 amide bonds. The minimum atomic E-state index is -0.376. The predicted octanol–water partition coefficient (Wildman–Crippen LogP) is 5.44. The SMILES string of the molecule is O=C(C1c2ccccc2Oc2ccccc21)N1CCCC(c2nnc(-c3cccs3)o2)C1. The van der Waals surface area contributed by atoms with Crippen LogP contribution in [0.4, 0.5) is 0 Å². The van der Waals surface area contributed by atoms with Gasteiger partial charge in [0.15, 0.2) is 0 Å². The molecule has 32 heavy (non-hydrogen) atoms. The van der Waals surface area contributed by atoms with E-state index in [0.29, 0.717) is 18.3 Å². The molecule has 6 rings (SSSR count). The average molecular weight is 444 g/mol. The number of hydrogen-bond donors (Lipinski definition) is 0. The fraction of sp³-hybridized carbons (Fsp3) is 0.240. The normalized spacial score (nSPS) is 18.0. The summed E-state index contributed by atoms with van der Waals surface area (Å²) in [4.78, 5) is 16.8. The van der Waals surface area contributed by atoms with E-state index in [1.165, 1.54) is 0 Å². The standard InChI is InChI=1S/C25H21N3O3S/c29-25(22-17-8-1-3-10-19(17)30-20-11-4-2-9-18(20)22)28-13-5-7-16(15-28)23-26-27-24(31-23)21-12-6-14-32-21/h1-4,6,8-12,14,16,22H,5,7,13,15H2. The number of ether oxygens (including phenoxy) is 1. The molecule has 7 heteroatoms. The number of hydrogen-bond acceptors (Lipinski definition) is 6. The Morgan fingerprint density at radius 1 is 0.969 bits per heavy atom. The van der Waals surface area contributed by atoms with Crippen LogP contribution in [0.15, 0.2) is 70.5 Å². The largest absolute Gasteiger partial charge is 0.457 e. The third-order valence-electron chi connectivity index (χ3n) is 6.18. The fourth-order valence-corrected chi connectivity index (χ4v) is 5.28. The van der Waals surface area contributed by atoms with Gasteiger partial charge in [-0.2, -0.15) is 0 Å². The molecule has 0 bridgehead atoms. The molecule has 0 saturated carbocycles. The summed E-state index contributed by atoms with van der Waals surface area (Å²) >= 11 is 1.57. The molecule has 0 spiro atoms. The Morgan fingerprint density at radius 3 is 2.44 bits per heavy atom.